The highest BCUT2D eigenvalue weighted by atomic mass is 19.2. The minimum absolute atomic E-state index is 0.0221. The van der Waals surface area contributed by atoms with Crippen molar-refractivity contribution in [2.45, 2.75) is 32.6 Å². The Bertz CT molecular complexity index is 1470. The van der Waals surface area contributed by atoms with Gasteiger partial charge < -0.3 is 20.1 Å². The highest BCUT2D eigenvalue weighted by Crippen LogP contribution is 2.42. The van der Waals surface area contributed by atoms with E-state index in [2.05, 4.69) is 15.2 Å². The number of hydrogen-bond donors (Lipinski definition) is 2. The molecule has 4 heterocycles. The Balaban J connectivity index is 1.37. The highest BCUT2D eigenvalue weighted by Gasteiger charge is 2.31. The first kappa shape index (κ1) is 24.6. The molecule has 1 fully saturated rings. The molecule has 0 atom stereocenters. The summed E-state index contributed by atoms with van der Waals surface area (Å²) in [7, 11) is 0. The molecule has 0 saturated carbocycles. The molecule has 6 rings (SSSR count). The molecule has 1 aromatic heterocycles. The van der Waals surface area contributed by atoms with E-state index in [0.717, 1.165) is 56.3 Å². The molecule has 8 heteroatoms. The van der Waals surface area contributed by atoms with Gasteiger partial charge in [-0.3, -0.25) is 9.59 Å². The van der Waals surface area contributed by atoms with Crippen LogP contribution in [0, 0.1) is 18.6 Å². The summed E-state index contributed by atoms with van der Waals surface area (Å²) in [5.41, 5.74) is 4.95. The first-order valence-corrected chi connectivity index (χ1v) is 13.3. The largest absolute Gasteiger partial charge is 0.358 e. The predicted octanol–water partition coefficient (Wildman–Crippen LogP) is 5.25. The molecule has 0 aliphatic carbocycles. The molecule has 0 unspecified atom stereocenters. The van der Waals surface area contributed by atoms with Crippen molar-refractivity contribution in [3.05, 3.63) is 76.1 Å². The lowest BCUT2D eigenvalue weighted by Crippen LogP contribution is -2.38. The molecule has 3 aromatic rings. The molecule has 3 aliphatic heterocycles. The third-order valence-corrected chi connectivity index (χ3v) is 7.96. The van der Waals surface area contributed by atoms with Gasteiger partial charge in [0, 0.05) is 47.8 Å². The Hall–Kier alpha value is -3.78. The van der Waals surface area contributed by atoms with Gasteiger partial charge in [-0.15, -0.1) is 0 Å². The maximum atomic E-state index is 14.8. The maximum absolute atomic E-state index is 14.8. The summed E-state index contributed by atoms with van der Waals surface area (Å²) < 4.78 is 28.8. The molecular weight excluding hydrogens is 486 g/mol. The lowest BCUT2D eigenvalue weighted by atomic mass is 9.93. The van der Waals surface area contributed by atoms with Gasteiger partial charge in [-0.1, -0.05) is 24.3 Å². The average Bonchev–Trinajstić information content (AvgIpc) is 3.58. The number of halogens is 2. The second kappa shape index (κ2) is 9.83. The quantitative estimate of drug-likeness (QED) is 0.456. The molecule has 1 saturated heterocycles. The summed E-state index contributed by atoms with van der Waals surface area (Å²) in [6.07, 6.45) is 5.77. The molecule has 2 amide bonds. The summed E-state index contributed by atoms with van der Waals surface area (Å²) >= 11 is 0. The number of nitrogens with zero attached hydrogens (tertiary/aromatic N) is 2. The number of aromatic amines is 1. The molecule has 6 nitrogen and oxygen atoms in total. The van der Waals surface area contributed by atoms with Crippen molar-refractivity contribution in [3.63, 3.8) is 0 Å². The average molecular weight is 517 g/mol. The van der Waals surface area contributed by atoms with Crippen molar-refractivity contribution in [3.8, 4) is 11.1 Å². The van der Waals surface area contributed by atoms with Gasteiger partial charge in [-0.2, -0.15) is 0 Å². The lowest BCUT2D eigenvalue weighted by Gasteiger charge is -2.24. The van der Waals surface area contributed by atoms with E-state index in [1.807, 2.05) is 11.8 Å². The number of fused-ring (bicyclic) bond motifs is 2. The number of rotatable bonds is 5. The molecule has 2 N–H and O–H groups in total. The second-order valence-electron chi connectivity index (χ2n) is 10.3. The van der Waals surface area contributed by atoms with Crippen molar-refractivity contribution < 1.29 is 18.4 Å². The minimum atomic E-state index is -0.956. The summed E-state index contributed by atoms with van der Waals surface area (Å²) in [4.78, 5) is 34.4. The first-order valence-electron chi connectivity index (χ1n) is 13.3. The fourth-order valence-corrected chi connectivity index (χ4v) is 5.96. The van der Waals surface area contributed by atoms with Gasteiger partial charge in [0.15, 0.2) is 11.6 Å². The first-order chi connectivity index (χ1) is 18.4. The summed E-state index contributed by atoms with van der Waals surface area (Å²) in [6.45, 7) is 6.41. The van der Waals surface area contributed by atoms with E-state index in [1.54, 1.807) is 24.3 Å². The van der Waals surface area contributed by atoms with Crippen molar-refractivity contribution in [1.82, 2.24) is 14.8 Å². The van der Waals surface area contributed by atoms with Gasteiger partial charge in [-0.25, -0.2) is 8.78 Å². The number of carbonyl (C=O) groups is 2. The van der Waals surface area contributed by atoms with Crippen LogP contribution in [0.3, 0.4) is 0 Å². The van der Waals surface area contributed by atoms with Gasteiger partial charge in [0.2, 0.25) is 0 Å². The fraction of sp³-hybridized carbons (Fsp3) is 0.333. The Morgan fingerprint density at radius 3 is 2.50 bits per heavy atom. The predicted molar refractivity (Wildman–Crippen MR) is 144 cm³/mol. The minimum Gasteiger partial charge on any atom is -0.358 e. The van der Waals surface area contributed by atoms with Crippen LogP contribution in [-0.4, -0.2) is 59.3 Å². The highest BCUT2D eigenvalue weighted by molar-refractivity contribution is 6.36. The molecule has 0 bridgehead atoms. The molecule has 2 aromatic carbocycles. The van der Waals surface area contributed by atoms with Crippen LogP contribution in [0.2, 0.25) is 0 Å². The van der Waals surface area contributed by atoms with Gasteiger partial charge >= 0.3 is 0 Å². The molecule has 0 radical (unpaired) electrons. The lowest BCUT2D eigenvalue weighted by molar-refractivity contribution is -0.110. The van der Waals surface area contributed by atoms with E-state index in [1.165, 1.54) is 25.0 Å². The summed E-state index contributed by atoms with van der Waals surface area (Å²) in [6, 6.07) is 9.17. The normalized spacial score (nSPS) is 18.6. The SMILES string of the molecule is Cc1c(C=C2C(=O)Nc3cccc(-c4cccc(F)c4F)c32)[nH]c2c1C(=O)N(CCN1CCCC1)CCC2. The van der Waals surface area contributed by atoms with Crippen molar-refractivity contribution in [1.29, 1.82) is 0 Å². The van der Waals surface area contributed by atoms with Crippen molar-refractivity contribution in [2.24, 2.45) is 0 Å². The van der Waals surface area contributed by atoms with E-state index in [0.29, 0.717) is 40.2 Å². The van der Waals surface area contributed by atoms with Crippen molar-refractivity contribution in [2.75, 3.05) is 38.0 Å². The van der Waals surface area contributed by atoms with Crippen LogP contribution < -0.4 is 5.32 Å². The standard InChI is InChI=1S/C30H30F2N4O2/c1-18-25(33-23-11-6-14-36(30(38)26(18)23)16-15-35-12-2-3-13-35)17-21-27-19(7-5-10-24(27)34-29(21)37)20-8-4-9-22(31)28(20)32/h4-5,7-10,17,33H,2-3,6,11-16H2,1H3,(H,34,37). The van der Waals surface area contributed by atoms with Gasteiger partial charge in [-0.05, 0) is 75.0 Å². The van der Waals surface area contributed by atoms with Crippen LogP contribution in [0.25, 0.3) is 22.8 Å². The second-order valence-corrected chi connectivity index (χ2v) is 10.3. The van der Waals surface area contributed by atoms with E-state index >= 15 is 0 Å². The molecular formula is C30H30F2N4O2. The Morgan fingerprint density at radius 1 is 0.921 bits per heavy atom. The number of carbonyl (C=O) groups excluding carboxylic acids is 2. The van der Waals surface area contributed by atoms with Crippen LogP contribution in [0.5, 0.6) is 0 Å². The molecule has 0 spiro atoms. The zero-order valence-electron chi connectivity index (χ0n) is 21.4. The van der Waals surface area contributed by atoms with Crippen LogP contribution in [0.4, 0.5) is 14.5 Å². The number of H-pyrrole nitrogens is 1. The van der Waals surface area contributed by atoms with E-state index in [-0.39, 0.29) is 17.4 Å². The maximum Gasteiger partial charge on any atom is 0.256 e. The Labute approximate surface area is 220 Å². The number of aromatic nitrogens is 1. The van der Waals surface area contributed by atoms with Crippen LogP contribution in [-0.2, 0) is 11.2 Å². The number of benzene rings is 2. The smallest absolute Gasteiger partial charge is 0.256 e. The number of likely N-dealkylation sites (tertiary alicyclic amines) is 1. The molecule has 38 heavy (non-hydrogen) atoms. The number of hydrogen-bond acceptors (Lipinski definition) is 3. The Kier molecular flexibility index (Phi) is 6.35. The monoisotopic (exact) mass is 516 g/mol. The van der Waals surface area contributed by atoms with E-state index in [9.17, 15) is 18.4 Å². The van der Waals surface area contributed by atoms with Gasteiger partial charge in [0.1, 0.15) is 0 Å². The molecule has 3 aliphatic rings. The van der Waals surface area contributed by atoms with E-state index in [4.69, 9.17) is 0 Å². The number of nitrogens with one attached hydrogen (secondary N) is 2. The third kappa shape index (κ3) is 4.22. The van der Waals surface area contributed by atoms with Crippen LogP contribution in [0.1, 0.15) is 52.1 Å². The van der Waals surface area contributed by atoms with Gasteiger partial charge in [0.25, 0.3) is 11.8 Å². The number of amides is 2. The zero-order chi connectivity index (χ0) is 26.4. The zero-order valence-corrected chi connectivity index (χ0v) is 21.4. The van der Waals surface area contributed by atoms with Crippen molar-refractivity contribution >= 4 is 29.2 Å². The summed E-state index contributed by atoms with van der Waals surface area (Å²) in [5.74, 6) is -2.21. The molecule has 196 valence electrons. The van der Waals surface area contributed by atoms with Crippen LogP contribution >= 0.6 is 0 Å². The topological polar surface area (TPSA) is 68.4 Å². The van der Waals surface area contributed by atoms with E-state index < -0.39 is 11.6 Å². The van der Waals surface area contributed by atoms with Crippen LogP contribution in [0.15, 0.2) is 36.4 Å². The Morgan fingerprint density at radius 2 is 1.68 bits per heavy atom. The third-order valence-electron chi connectivity index (χ3n) is 7.96. The van der Waals surface area contributed by atoms with Gasteiger partial charge in [0.05, 0.1) is 11.1 Å². The fourth-order valence-electron chi connectivity index (χ4n) is 5.96. The number of anilines is 1. The summed E-state index contributed by atoms with van der Waals surface area (Å²) in [5, 5.41) is 2.85. The number of aryl methyl sites for hydroxylation is 1.